The summed E-state index contributed by atoms with van der Waals surface area (Å²) < 4.78 is 6.69. The predicted octanol–water partition coefficient (Wildman–Crippen LogP) is 3.07. The van der Waals surface area contributed by atoms with Crippen LogP contribution in [0.15, 0.2) is 53.0 Å². The summed E-state index contributed by atoms with van der Waals surface area (Å²) in [6.45, 7) is 0.516. The van der Waals surface area contributed by atoms with Crippen LogP contribution in [0, 0.1) is 0 Å². The third-order valence-electron chi connectivity index (χ3n) is 3.32. The van der Waals surface area contributed by atoms with Crippen molar-refractivity contribution in [2.45, 2.75) is 19.1 Å². The zero-order chi connectivity index (χ0) is 13.9. The summed E-state index contributed by atoms with van der Waals surface area (Å²) in [4.78, 5) is 12.1. The van der Waals surface area contributed by atoms with Crippen LogP contribution in [-0.4, -0.2) is 12.0 Å². The van der Waals surface area contributed by atoms with Crippen molar-refractivity contribution in [2.24, 2.45) is 0 Å². The lowest BCUT2D eigenvalue weighted by Crippen LogP contribution is -2.36. The lowest BCUT2D eigenvalue weighted by atomic mass is 10.1. The van der Waals surface area contributed by atoms with Crippen molar-refractivity contribution in [3.63, 3.8) is 0 Å². The Bertz CT molecular complexity index is 600. The fraction of sp³-hybridized carbons (Fsp3) is 0.188. The average Bonchev–Trinajstić information content (AvgIpc) is 2.90. The van der Waals surface area contributed by atoms with Gasteiger partial charge in [0.2, 0.25) is 0 Å². The van der Waals surface area contributed by atoms with Crippen LogP contribution in [0.4, 0.5) is 0 Å². The Hall–Kier alpha value is -1.81. The van der Waals surface area contributed by atoms with Crippen LogP contribution in [-0.2, 0) is 17.8 Å². The van der Waals surface area contributed by atoms with Gasteiger partial charge >= 0.3 is 0 Å². The Kier molecular flexibility index (Phi) is 3.74. The molecule has 1 heterocycles. The molecule has 0 bridgehead atoms. The van der Waals surface area contributed by atoms with Gasteiger partial charge in [-0.2, -0.15) is 0 Å². The summed E-state index contributed by atoms with van der Waals surface area (Å²) >= 11 is 3.39. The maximum Gasteiger partial charge on any atom is 0.261 e. The number of halogens is 1. The van der Waals surface area contributed by atoms with Crippen molar-refractivity contribution >= 4 is 21.8 Å². The highest BCUT2D eigenvalue weighted by Gasteiger charge is 2.28. The Balaban J connectivity index is 1.57. The molecule has 3 rings (SSSR count). The summed E-state index contributed by atoms with van der Waals surface area (Å²) in [5, 5.41) is 2.92. The molecule has 0 fully saturated rings. The van der Waals surface area contributed by atoms with Gasteiger partial charge in [0.15, 0.2) is 6.10 Å². The maximum absolute atomic E-state index is 12.1. The molecule has 3 nitrogen and oxygen atoms in total. The number of rotatable bonds is 3. The van der Waals surface area contributed by atoms with Gasteiger partial charge < -0.3 is 10.1 Å². The highest BCUT2D eigenvalue weighted by molar-refractivity contribution is 9.10. The normalized spacial score (nSPS) is 16.4. The molecule has 102 valence electrons. The van der Waals surface area contributed by atoms with E-state index < -0.39 is 6.10 Å². The van der Waals surface area contributed by atoms with Crippen LogP contribution < -0.4 is 10.1 Å². The Labute approximate surface area is 126 Å². The summed E-state index contributed by atoms with van der Waals surface area (Å²) in [5.41, 5.74) is 2.16. The molecule has 1 atom stereocenters. The molecule has 2 aromatic rings. The standard InChI is InChI=1S/C16H14BrNO2/c17-13-7-5-11(6-8-13)10-18-16(19)15-9-12-3-1-2-4-14(12)20-15/h1-8,15H,9-10H2,(H,18,19). The molecule has 0 saturated carbocycles. The molecule has 0 radical (unpaired) electrons. The van der Waals surface area contributed by atoms with E-state index in [0.29, 0.717) is 13.0 Å². The first-order valence-electron chi connectivity index (χ1n) is 6.49. The van der Waals surface area contributed by atoms with Crippen molar-refractivity contribution in [3.8, 4) is 5.75 Å². The van der Waals surface area contributed by atoms with Gasteiger partial charge in [0.1, 0.15) is 5.75 Å². The number of hydrogen-bond acceptors (Lipinski definition) is 2. The largest absolute Gasteiger partial charge is 0.480 e. The second kappa shape index (κ2) is 5.67. The van der Waals surface area contributed by atoms with Crippen LogP contribution in [0.2, 0.25) is 0 Å². The average molecular weight is 332 g/mol. The molecule has 0 aliphatic carbocycles. The first-order chi connectivity index (χ1) is 9.72. The number of carbonyl (C=O) groups is 1. The van der Waals surface area contributed by atoms with E-state index in [1.54, 1.807) is 0 Å². The van der Waals surface area contributed by atoms with E-state index in [1.807, 2.05) is 48.5 Å². The molecule has 1 aliphatic heterocycles. The zero-order valence-corrected chi connectivity index (χ0v) is 12.4. The molecule has 20 heavy (non-hydrogen) atoms. The molecule has 0 spiro atoms. The molecule has 1 amide bonds. The highest BCUT2D eigenvalue weighted by atomic mass is 79.9. The molecule has 1 aliphatic rings. The van der Waals surface area contributed by atoms with Crippen molar-refractivity contribution in [2.75, 3.05) is 0 Å². The Morgan fingerprint density at radius 1 is 1.20 bits per heavy atom. The van der Waals surface area contributed by atoms with E-state index in [0.717, 1.165) is 21.3 Å². The second-order valence-corrected chi connectivity index (χ2v) is 5.68. The monoisotopic (exact) mass is 331 g/mol. The molecular formula is C16H14BrNO2. The highest BCUT2D eigenvalue weighted by Crippen LogP contribution is 2.28. The van der Waals surface area contributed by atoms with Gasteiger partial charge in [-0.15, -0.1) is 0 Å². The molecule has 1 unspecified atom stereocenters. The van der Waals surface area contributed by atoms with Gasteiger partial charge in [0.05, 0.1) is 0 Å². The number of hydrogen-bond donors (Lipinski definition) is 1. The van der Waals surface area contributed by atoms with Crippen LogP contribution >= 0.6 is 15.9 Å². The molecule has 1 N–H and O–H groups in total. The van der Waals surface area contributed by atoms with Crippen molar-refractivity contribution in [1.82, 2.24) is 5.32 Å². The topological polar surface area (TPSA) is 38.3 Å². The Morgan fingerprint density at radius 3 is 2.70 bits per heavy atom. The summed E-state index contributed by atoms with van der Waals surface area (Å²) in [7, 11) is 0. The van der Waals surface area contributed by atoms with Crippen molar-refractivity contribution in [3.05, 3.63) is 64.1 Å². The summed E-state index contributed by atoms with van der Waals surface area (Å²) in [5.74, 6) is 0.750. The summed E-state index contributed by atoms with van der Waals surface area (Å²) in [6, 6.07) is 15.7. The van der Waals surface area contributed by atoms with Crippen molar-refractivity contribution in [1.29, 1.82) is 0 Å². The number of para-hydroxylation sites is 1. The number of amides is 1. The van der Waals surface area contributed by atoms with E-state index >= 15 is 0 Å². The number of carbonyl (C=O) groups excluding carboxylic acids is 1. The number of nitrogens with one attached hydrogen (secondary N) is 1. The Morgan fingerprint density at radius 2 is 1.95 bits per heavy atom. The van der Waals surface area contributed by atoms with E-state index in [1.165, 1.54) is 0 Å². The van der Waals surface area contributed by atoms with Crippen LogP contribution in [0.3, 0.4) is 0 Å². The molecular weight excluding hydrogens is 318 g/mol. The van der Waals surface area contributed by atoms with Crippen LogP contribution in [0.1, 0.15) is 11.1 Å². The first kappa shape index (κ1) is 13.2. The quantitative estimate of drug-likeness (QED) is 0.938. The van der Waals surface area contributed by atoms with Crippen molar-refractivity contribution < 1.29 is 9.53 Å². The minimum atomic E-state index is -0.414. The van der Waals surface area contributed by atoms with Gasteiger partial charge in [0, 0.05) is 17.4 Å². The molecule has 2 aromatic carbocycles. The van der Waals surface area contributed by atoms with E-state index in [2.05, 4.69) is 21.2 Å². The lowest BCUT2D eigenvalue weighted by Gasteiger charge is -2.11. The van der Waals surface area contributed by atoms with Gasteiger partial charge in [-0.05, 0) is 29.3 Å². The molecule has 4 heteroatoms. The van der Waals surface area contributed by atoms with Gasteiger partial charge in [-0.3, -0.25) is 4.79 Å². The van der Waals surface area contributed by atoms with Crippen LogP contribution in [0.5, 0.6) is 5.75 Å². The van der Waals surface area contributed by atoms with E-state index in [9.17, 15) is 4.79 Å². The minimum absolute atomic E-state index is 0.0656. The zero-order valence-electron chi connectivity index (χ0n) is 10.8. The van der Waals surface area contributed by atoms with Gasteiger partial charge in [-0.1, -0.05) is 46.3 Å². The fourth-order valence-electron chi connectivity index (χ4n) is 2.23. The third-order valence-corrected chi connectivity index (χ3v) is 3.85. The first-order valence-corrected chi connectivity index (χ1v) is 7.28. The SMILES string of the molecule is O=C(NCc1ccc(Br)cc1)C1Cc2ccccc2O1. The van der Waals surface area contributed by atoms with Gasteiger partial charge in [0.25, 0.3) is 5.91 Å². The second-order valence-electron chi connectivity index (χ2n) is 4.76. The fourth-order valence-corrected chi connectivity index (χ4v) is 2.50. The van der Waals surface area contributed by atoms with E-state index in [4.69, 9.17) is 4.74 Å². The molecule has 0 saturated heterocycles. The number of ether oxygens (including phenoxy) is 1. The lowest BCUT2D eigenvalue weighted by molar-refractivity contribution is -0.127. The summed E-state index contributed by atoms with van der Waals surface area (Å²) in [6.07, 6.45) is 0.227. The number of fused-ring (bicyclic) bond motifs is 1. The molecule has 0 aromatic heterocycles. The predicted molar refractivity (Wildman–Crippen MR) is 80.6 cm³/mol. The number of benzene rings is 2. The van der Waals surface area contributed by atoms with Crippen LogP contribution in [0.25, 0.3) is 0 Å². The smallest absolute Gasteiger partial charge is 0.261 e. The minimum Gasteiger partial charge on any atom is -0.480 e. The maximum atomic E-state index is 12.1. The van der Waals surface area contributed by atoms with Gasteiger partial charge in [-0.25, -0.2) is 0 Å². The third kappa shape index (κ3) is 2.85. The van der Waals surface area contributed by atoms with E-state index in [-0.39, 0.29) is 5.91 Å².